The van der Waals surface area contributed by atoms with Gasteiger partial charge in [-0.05, 0) is 49.0 Å². The molecule has 0 radical (unpaired) electrons. The van der Waals surface area contributed by atoms with Crippen LogP contribution in [0.5, 0.6) is 0 Å². The van der Waals surface area contributed by atoms with Gasteiger partial charge in [-0.2, -0.15) is 0 Å². The number of hydrogen-bond acceptors (Lipinski definition) is 3. The van der Waals surface area contributed by atoms with Crippen molar-refractivity contribution in [3.05, 3.63) is 27.7 Å². The fourth-order valence-corrected chi connectivity index (χ4v) is 4.33. The standard InChI is InChI=1S/C20H31NO2S/c1-5-14(4)13-15(6-2)19-17(10-12-24-19)21-20(22)16-9-8-11-23-18(16)7-3/h10,12,14-15H,5-9,11,13H2,1-4H3,(H,21,22). The smallest absolute Gasteiger partial charge is 0.254 e. The van der Waals surface area contributed by atoms with Crippen molar-refractivity contribution in [2.24, 2.45) is 5.92 Å². The zero-order valence-electron chi connectivity index (χ0n) is 15.5. The highest BCUT2D eigenvalue weighted by Gasteiger charge is 2.23. The first-order valence-electron chi connectivity index (χ1n) is 9.34. The van der Waals surface area contributed by atoms with E-state index in [1.54, 1.807) is 11.3 Å². The van der Waals surface area contributed by atoms with Gasteiger partial charge in [-0.3, -0.25) is 4.79 Å². The molecular weight excluding hydrogens is 318 g/mol. The van der Waals surface area contributed by atoms with Gasteiger partial charge in [0.2, 0.25) is 0 Å². The molecule has 0 saturated heterocycles. The number of amides is 1. The Balaban J connectivity index is 2.15. The van der Waals surface area contributed by atoms with Gasteiger partial charge in [0.05, 0.1) is 17.9 Å². The summed E-state index contributed by atoms with van der Waals surface area (Å²) in [7, 11) is 0. The molecular formula is C20H31NO2S. The maximum absolute atomic E-state index is 12.7. The molecule has 0 bridgehead atoms. The third-order valence-electron chi connectivity index (χ3n) is 4.97. The van der Waals surface area contributed by atoms with Gasteiger partial charge in [0, 0.05) is 11.3 Å². The minimum Gasteiger partial charge on any atom is -0.497 e. The van der Waals surface area contributed by atoms with Gasteiger partial charge < -0.3 is 10.1 Å². The van der Waals surface area contributed by atoms with Crippen molar-refractivity contribution in [1.29, 1.82) is 0 Å². The van der Waals surface area contributed by atoms with Gasteiger partial charge >= 0.3 is 0 Å². The third kappa shape index (κ3) is 4.62. The summed E-state index contributed by atoms with van der Waals surface area (Å²) in [6, 6.07) is 2.05. The molecule has 0 aliphatic carbocycles. The molecule has 0 spiro atoms. The first-order chi connectivity index (χ1) is 11.6. The van der Waals surface area contributed by atoms with Crippen LogP contribution in [-0.2, 0) is 9.53 Å². The summed E-state index contributed by atoms with van der Waals surface area (Å²) in [6.45, 7) is 9.58. The van der Waals surface area contributed by atoms with Gasteiger partial charge in [0.15, 0.2) is 0 Å². The van der Waals surface area contributed by atoms with Gasteiger partial charge in [-0.1, -0.05) is 34.1 Å². The van der Waals surface area contributed by atoms with E-state index in [0.717, 1.165) is 49.3 Å². The summed E-state index contributed by atoms with van der Waals surface area (Å²) in [4.78, 5) is 14.1. The van der Waals surface area contributed by atoms with Crippen LogP contribution in [0.4, 0.5) is 5.69 Å². The summed E-state index contributed by atoms with van der Waals surface area (Å²) < 4.78 is 5.67. The lowest BCUT2D eigenvalue weighted by Gasteiger charge is -2.22. The van der Waals surface area contributed by atoms with E-state index in [0.29, 0.717) is 11.8 Å². The zero-order valence-corrected chi connectivity index (χ0v) is 16.3. The highest BCUT2D eigenvalue weighted by atomic mass is 32.1. The molecule has 0 fully saturated rings. The van der Waals surface area contributed by atoms with Crippen molar-refractivity contribution in [3.63, 3.8) is 0 Å². The molecule has 0 aromatic carbocycles. The van der Waals surface area contributed by atoms with Crippen LogP contribution in [-0.4, -0.2) is 12.5 Å². The van der Waals surface area contributed by atoms with E-state index in [4.69, 9.17) is 4.74 Å². The number of ether oxygens (including phenoxy) is 1. The second kappa shape index (κ2) is 9.26. The average molecular weight is 350 g/mol. The van der Waals surface area contributed by atoms with Crippen molar-refractivity contribution >= 4 is 22.9 Å². The van der Waals surface area contributed by atoms with Crippen LogP contribution in [0, 0.1) is 5.92 Å². The highest BCUT2D eigenvalue weighted by Crippen LogP contribution is 2.37. The molecule has 1 amide bonds. The van der Waals surface area contributed by atoms with Crippen LogP contribution in [0.2, 0.25) is 0 Å². The minimum atomic E-state index is 0.0181. The van der Waals surface area contributed by atoms with E-state index < -0.39 is 0 Å². The van der Waals surface area contributed by atoms with Gasteiger partial charge in [-0.25, -0.2) is 0 Å². The van der Waals surface area contributed by atoms with Crippen LogP contribution >= 0.6 is 11.3 Å². The molecule has 2 unspecified atom stereocenters. The lowest BCUT2D eigenvalue weighted by Crippen LogP contribution is -2.21. The van der Waals surface area contributed by atoms with Crippen LogP contribution in [0.3, 0.4) is 0 Å². The van der Waals surface area contributed by atoms with E-state index in [1.165, 1.54) is 17.7 Å². The van der Waals surface area contributed by atoms with Crippen LogP contribution in [0.1, 0.15) is 77.0 Å². The van der Waals surface area contributed by atoms with Gasteiger partial charge in [0.25, 0.3) is 5.91 Å². The normalized spacial score (nSPS) is 17.3. The van der Waals surface area contributed by atoms with Crippen molar-refractivity contribution in [3.8, 4) is 0 Å². The lowest BCUT2D eigenvalue weighted by molar-refractivity contribution is -0.113. The van der Waals surface area contributed by atoms with Crippen LogP contribution in [0.15, 0.2) is 22.8 Å². The number of nitrogens with one attached hydrogen (secondary N) is 1. The molecule has 2 rings (SSSR count). The quantitative estimate of drug-likeness (QED) is 0.616. The Kier molecular flexibility index (Phi) is 7.35. The Labute approximate surface area is 150 Å². The average Bonchev–Trinajstić information content (AvgIpc) is 3.07. The van der Waals surface area contributed by atoms with E-state index in [-0.39, 0.29) is 5.91 Å². The Hall–Kier alpha value is -1.29. The van der Waals surface area contributed by atoms with Gasteiger partial charge in [0.1, 0.15) is 5.76 Å². The van der Waals surface area contributed by atoms with E-state index in [1.807, 2.05) is 13.0 Å². The Morgan fingerprint density at radius 2 is 2.12 bits per heavy atom. The summed E-state index contributed by atoms with van der Waals surface area (Å²) in [5.41, 5.74) is 1.82. The van der Waals surface area contributed by atoms with Crippen molar-refractivity contribution in [1.82, 2.24) is 0 Å². The third-order valence-corrected chi connectivity index (χ3v) is 6.05. The number of allylic oxidation sites excluding steroid dienone is 1. The maximum Gasteiger partial charge on any atom is 0.254 e. The predicted octanol–water partition coefficient (Wildman–Crippen LogP) is 6.09. The Morgan fingerprint density at radius 3 is 2.79 bits per heavy atom. The number of carbonyl (C=O) groups excluding carboxylic acids is 1. The molecule has 3 nitrogen and oxygen atoms in total. The second-order valence-corrected chi connectivity index (χ2v) is 7.66. The fraction of sp³-hybridized carbons (Fsp3) is 0.650. The monoisotopic (exact) mass is 349 g/mol. The van der Waals surface area contributed by atoms with Gasteiger partial charge in [-0.15, -0.1) is 11.3 Å². The summed E-state index contributed by atoms with van der Waals surface area (Å²) in [5.74, 6) is 2.12. The summed E-state index contributed by atoms with van der Waals surface area (Å²) in [6.07, 6.45) is 6.02. The number of anilines is 1. The first kappa shape index (κ1) is 19.0. The largest absolute Gasteiger partial charge is 0.497 e. The van der Waals surface area contributed by atoms with Crippen LogP contribution in [0.25, 0.3) is 0 Å². The summed E-state index contributed by atoms with van der Waals surface area (Å²) >= 11 is 1.77. The first-order valence-corrected chi connectivity index (χ1v) is 10.2. The molecule has 2 heterocycles. The molecule has 1 aromatic heterocycles. The second-order valence-electron chi connectivity index (χ2n) is 6.71. The Bertz CT molecular complexity index is 576. The fourth-order valence-electron chi connectivity index (χ4n) is 3.28. The molecule has 1 N–H and O–H groups in total. The molecule has 1 aliphatic rings. The van der Waals surface area contributed by atoms with Crippen molar-refractivity contribution in [2.75, 3.05) is 11.9 Å². The molecule has 24 heavy (non-hydrogen) atoms. The van der Waals surface area contributed by atoms with Crippen molar-refractivity contribution < 1.29 is 9.53 Å². The maximum atomic E-state index is 12.7. The van der Waals surface area contributed by atoms with E-state index in [2.05, 4.69) is 31.5 Å². The van der Waals surface area contributed by atoms with Crippen molar-refractivity contribution in [2.45, 2.75) is 72.1 Å². The molecule has 1 aliphatic heterocycles. The van der Waals surface area contributed by atoms with E-state index >= 15 is 0 Å². The topological polar surface area (TPSA) is 38.3 Å². The lowest BCUT2D eigenvalue weighted by atomic mass is 9.90. The van der Waals surface area contributed by atoms with Crippen LogP contribution < -0.4 is 5.32 Å². The predicted molar refractivity (Wildman–Crippen MR) is 103 cm³/mol. The number of carbonyl (C=O) groups is 1. The zero-order chi connectivity index (χ0) is 17.5. The molecule has 0 saturated carbocycles. The molecule has 134 valence electrons. The van der Waals surface area contributed by atoms with E-state index in [9.17, 15) is 4.79 Å². The molecule has 4 heteroatoms. The Morgan fingerprint density at radius 1 is 1.33 bits per heavy atom. The number of rotatable bonds is 8. The number of hydrogen-bond donors (Lipinski definition) is 1. The highest BCUT2D eigenvalue weighted by molar-refractivity contribution is 7.10. The molecule has 1 aromatic rings. The number of thiophene rings is 1. The SMILES string of the molecule is CCC1=C(C(=O)Nc2ccsc2C(CC)CC(C)CC)CCCO1. The minimum absolute atomic E-state index is 0.0181. The molecule has 2 atom stereocenters. The summed E-state index contributed by atoms with van der Waals surface area (Å²) in [5, 5.41) is 5.26.